The molecule has 0 fully saturated rings. The number of para-hydroxylation sites is 1. The molecule has 0 aliphatic heterocycles. The predicted molar refractivity (Wildman–Crippen MR) is 98.0 cm³/mol. The monoisotopic (exact) mass is 358 g/mol. The number of hydrogen-bond acceptors (Lipinski definition) is 5. The minimum atomic E-state index is -0.503. The molecule has 3 aromatic heterocycles. The third-order valence-corrected chi connectivity index (χ3v) is 3.90. The van der Waals surface area contributed by atoms with Gasteiger partial charge in [0.05, 0.1) is 11.1 Å². The summed E-state index contributed by atoms with van der Waals surface area (Å²) >= 11 is 0. The van der Waals surface area contributed by atoms with Crippen molar-refractivity contribution in [2.45, 2.75) is 0 Å². The molecule has 8 nitrogen and oxygen atoms in total. The van der Waals surface area contributed by atoms with Crippen LogP contribution in [0.1, 0.15) is 20.8 Å². The molecule has 0 aliphatic carbocycles. The van der Waals surface area contributed by atoms with Crippen molar-refractivity contribution in [2.24, 2.45) is 0 Å². The van der Waals surface area contributed by atoms with E-state index in [0.717, 1.165) is 5.39 Å². The Morgan fingerprint density at radius 1 is 0.926 bits per heavy atom. The molecular formula is C19H14N6O2. The van der Waals surface area contributed by atoms with Gasteiger partial charge in [0.25, 0.3) is 11.8 Å². The Balaban J connectivity index is 1.41. The second-order valence-corrected chi connectivity index (χ2v) is 5.67. The maximum Gasteiger partial charge on any atom is 0.288 e. The van der Waals surface area contributed by atoms with Crippen molar-refractivity contribution in [2.75, 3.05) is 0 Å². The van der Waals surface area contributed by atoms with E-state index < -0.39 is 11.8 Å². The summed E-state index contributed by atoms with van der Waals surface area (Å²) in [6.07, 6.45) is 6.42. The van der Waals surface area contributed by atoms with Crippen molar-refractivity contribution in [3.05, 3.63) is 84.7 Å². The van der Waals surface area contributed by atoms with Gasteiger partial charge in [0.1, 0.15) is 17.8 Å². The fourth-order valence-electron chi connectivity index (χ4n) is 2.51. The van der Waals surface area contributed by atoms with E-state index in [2.05, 4.69) is 25.8 Å². The Bertz CT molecular complexity index is 1110. The number of carbonyl (C=O) groups is 2. The van der Waals surface area contributed by atoms with Crippen molar-refractivity contribution in [3.63, 3.8) is 0 Å². The van der Waals surface area contributed by atoms with Crippen LogP contribution in [0.2, 0.25) is 0 Å². The second-order valence-electron chi connectivity index (χ2n) is 5.67. The van der Waals surface area contributed by atoms with Gasteiger partial charge in [-0.25, -0.2) is 15.0 Å². The Labute approximate surface area is 153 Å². The second kappa shape index (κ2) is 7.04. The molecule has 8 heteroatoms. The lowest BCUT2D eigenvalue weighted by atomic mass is 10.2. The van der Waals surface area contributed by atoms with Crippen LogP contribution < -0.4 is 10.9 Å². The Kier molecular flexibility index (Phi) is 4.28. The van der Waals surface area contributed by atoms with Crippen molar-refractivity contribution >= 4 is 22.7 Å². The number of nitrogens with one attached hydrogen (secondary N) is 2. The predicted octanol–water partition coefficient (Wildman–Crippen LogP) is 1.89. The number of hydrazine groups is 1. The summed E-state index contributed by atoms with van der Waals surface area (Å²) in [5.74, 6) is -0.348. The molecule has 0 saturated carbocycles. The first-order valence-corrected chi connectivity index (χ1v) is 8.11. The maximum atomic E-state index is 12.2. The standard InChI is InChI=1S/C19H14N6O2/c26-18(14-6-8-17(21-11-14)25-10-9-20-12-25)23-24-19(27)16-7-5-13-3-1-2-4-15(13)22-16/h1-12H,(H,23,26)(H,24,27). The Morgan fingerprint density at radius 3 is 2.56 bits per heavy atom. The van der Waals surface area contributed by atoms with Gasteiger partial charge in [-0.3, -0.25) is 25.0 Å². The third-order valence-electron chi connectivity index (χ3n) is 3.90. The highest BCUT2D eigenvalue weighted by Crippen LogP contribution is 2.11. The van der Waals surface area contributed by atoms with E-state index in [9.17, 15) is 9.59 Å². The smallest absolute Gasteiger partial charge is 0.288 e. The average Bonchev–Trinajstić information content (AvgIpc) is 3.26. The quantitative estimate of drug-likeness (QED) is 0.545. The molecule has 4 aromatic rings. The molecule has 0 atom stereocenters. The van der Waals surface area contributed by atoms with Gasteiger partial charge in [-0.05, 0) is 24.3 Å². The molecule has 2 amide bonds. The number of carbonyl (C=O) groups excluding carboxylic acids is 2. The molecule has 0 saturated heterocycles. The number of imidazole rings is 1. The fraction of sp³-hybridized carbons (Fsp3) is 0. The molecule has 1 aromatic carbocycles. The Hall–Kier alpha value is -4.07. The number of nitrogens with zero attached hydrogens (tertiary/aromatic N) is 4. The maximum absolute atomic E-state index is 12.2. The number of pyridine rings is 2. The molecule has 0 spiro atoms. The summed E-state index contributed by atoms with van der Waals surface area (Å²) in [6.45, 7) is 0. The molecule has 4 rings (SSSR count). The number of hydrogen-bond donors (Lipinski definition) is 2. The van der Waals surface area contributed by atoms with E-state index in [1.807, 2.05) is 24.3 Å². The van der Waals surface area contributed by atoms with Gasteiger partial charge in [0, 0.05) is 24.0 Å². The summed E-state index contributed by atoms with van der Waals surface area (Å²) in [5.41, 5.74) is 5.95. The lowest BCUT2D eigenvalue weighted by Gasteiger charge is -2.08. The number of aromatic nitrogens is 4. The van der Waals surface area contributed by atoms with Gasteiger partial charge in [-0.15, -0.1) is 0 Å². The van der Waals surface area contributed by atoms with E-state index in [1.165, 1.54) is 6.20 Å². The molecule has 2 N–H and O–H groups in total. The number of amides is 2. The fourth-order valence-corrected chi connectivity index (χ4v) is 2.51. The highest BCUT2D eigenvalue weighted by molar-refractivity contribution is 5.99. The van der Waals surface area contributed by atoms with Crippen LogP contribution >= 0.6 is 0 Å². The first-order chi connectivity index (χ1) is 13.2. The zero-order chi connectivity index (χ0) is 18.6. The molecular weight excluding hydrogens is 344 g/mol. The van der Waals surface area contributed by atoms with Crippen molar-refractivity contribution in [3.8, 4) is 5.82 Å². The average molecular weight is 358 g/mol. The molecule has 0 aliphatic rings. The van der Waals surface area contributed by atoms with Crippen LogP contribution in [0.5, 0.6) is 0 Å². The van der Waals surface area contributed by atoms with E-state index >= 15 is 0 Å². The lowest BCUT2D eigenvalue weighted by molar-refractivity contribution is 0.0844. The van der Waals surface area contributed by atoms with E-state index in [1.54, 1.807) is 47.6 Å². The zero-order valence-electron chi connectivity index (χ0n) is 14.0. The van der Waals surface area contributed by atoms with Gasteiger partial charge in [0.2, 0.25) is 0 Å². The van der Waals surface area contributed by atoms with Crippen LogP contribution in [-0.4, -0.2) is 31.3 Å². The van der Waals surface area contributed by atoms with Gasteiger partial charge >= 0.3 is 0 Å². The van der Waals surface area contributed by atoms with Gasteiger partial charge < -0.3 is 0 Å². The van der Waals surface area contributed by atoms with Crippen LogP contribution in [0.3, 0.4) is 0 Å². The summed E-state index contributed by atoms with van der Waals surface area (Å²) in [5, 5.41) is 0.933. The molecule has 3 heterocycles. The SMILES string of the molecule is O=C(NNC(=O)c1ccc2ccccc2n1)c1ccc(-n2ccnc2)nc1. The summed E-state index contributed by atoms with van der Waals surface area (Å²) in [7, 11) is 0. The summed E-state index contributed by atoms with van der Waals surface area (Å²) in [6, 6.07) is 14.2. The number of benzene rings is 1. The largest absolute Gasteiger partial charge is 0.291 e. The van der Waals surface area contributed by atoms with Crippen molar-refractivity contribution < 1.29 is 9.59 Å². The molecule has 0 radical (unpaired) electrons. The van der Waals surface area contributed by atoms with Crippen LogP contribution in [0.4, 0.5) is 0 Å². The van der Waals surface area contributed by atoms with Crippen molar-refractivity contribution in [1.29, 1.82) is 0 Å². The van der Waals surface area contributed by atoms with Crippen LogP contribution in [0.25, 0.3) is 16.7 Å². The number of rotatable bonds is 3. The summed E-state index contributed by atoms with van der Waals surface area (Å²) < 4.78 is 1.72. The molecule has 27 heavy (non-hydrogen) atoms. The molecule has 0 bridgehead atoms. The van der Waals surface area contributed by atoms with Crippen LogP contribution in [0, 0.1) is 0 Å². The van der Waals surface area contributed by atoms with Gasteiger partial charge in [-0.1, -0.05) is 24.3 Å². The topological polar surface area (TPSA) is 102 Å². The highest BCUT2D eigenvalue weighted by atomic mass is 16.2. The van der Waals surface area contributed by atoms with Gasteiger partial charge in [0.15, 0.2) is 0 Å². The van der Waals surface area contributed by atoms with Crippen LogP contribution in [-0.2, 0) is 0 Å². The van der Waals surface area contributed by atoms with E-state index in [4.69, 9.17) is 0 Å². The van der Waals surface area contributed by atoms with Gasteiger partial charge in [-0.2, -0.15) is 0 Å². The highest BCUT2D eigenvalue weighted by Gasteiger charge is 2.11. The Morgan fingerprint density at radius 2 is 1.78 bits per heavy atom. The minimum absolute atomic E-state index is 0.211. The normalized spacial score (nSPS) is 10.5. The first kappa shape index (κ1) is 16.4. The first-order valence-electron chi connectivity index (χ1n) is 8.11. The summed E-state index contributed by atoms with van der Waals surface area (Å²) in [4.78, 5) is 36.8. The third kappa shape index (κ3) is 3.49. The number of fused-ring (bicyclic) bond motifs is 1. The zero-order valence-corrected chi connectivity index (χ0v) is 14.0. The van der Waals surface area contributed by atoms with Crippen LogP contribution in [0.15, 0.2) is 73.4 Å². The molecule has 132 valence electrons. The van der Waals surface area contributed by atoms with E-state index in [0.29, 0.717) is 16.9 Å². The van der Waals surface area contributed by atoms with Crippen molar-refractivity contribution in [1.82, 2.24) is 30.4 Å². The van der Waals surface area contributed by atoms with E-state index in [-0.39, 0.29) is 5.69 Å². The molecule has 0 unspecified atom stereocenters. The lowest BCUT2D eigenvalue weighted by Crippen LogP contribution is -2.42. The minimum Gasteiger partial charge on any atom is -0.291 e.